The van der Waals surface area contributed by atoms with Crippen molar-refractivity contribution in [1.82, 2.24) is 0 Å². The highest BCUT2D eigenvalue weighted by Crippen LogP contribution is 2.43. The molecule has 0 spiro atoms. The summed E-state index contributed by atoms with van der Waals surface area (Å²) in [6.45, 7) is 14.5. The summed E-state index contributed by atoms with van der Waals surface area (Å²) in [4.78, 5) is 1.02. The Balaban J connectivity index is 2.69. The normalized spacial score (nSPS) is 18.3. The second-order valence-corrected chi connectivity index (χ2v) is 8.34. The molecule has 106 valence electrons. The van der Waals surface area contributed by atoms with Gasteiger partial charge in [-0.25, -0.2) is 0 Å². The molecule has 0 N–H and O–H groups in total. The third kappa shape index (κ3) is 2.33. The summed E-state index contributed by atoms with van der Waals surface area (Å²) in [6.07, 6.45) is 0.900. The van der Waals surface area contributed by atoms with Crippen molar-refractivity contribution in [2.45, 2.75) is 70.6 Å². The fourth-order valence-electron chi connectivity index (χ4n) is 2.78. The van der Waals surface area contributed by atoms with E-state index >= 15 is 0 Å². The molecule has 0 fully saturated rings. The number of fused-ring (bicyclic) bond motifs is 1. The number of benzene rings is 1. The van der Waals surface area contributed by atoms with Gasteiger partial charge in [0.2, 0.25) is 0 Å². The number of ether oxygens (including phenoxy) is 1. The molecule has 0 aromatic heterocycles. The maximum Gasteiger partial charge on any atom is 0.126 e. The van der Waals surface area contributed by atoms with Gasteiger partial charge in [0.15, 0.2) is 0 Å². The van der Waals surface area contributed by atoms with Crippen LogP contribution in [-0.2, 0) is 17.2 Å². The monoisotopic (exact) mass is 280 g/mol. The Morgan fingerprint density at radius 3 is 2.21 bits per heavy atom. The highest BCUT2D eigenvalue weighted by atomic mass is 32.2. The topological polar surface area (TPSA) is 26.3 Å². The third-order valence-electron chi connectivity index (χ3n) is 3.92. The van der Waals surface area contributed by atoms with Gasteiger partial charge in [0.25, 0.3) is 0 Å². The highest BCUT2D eigenvalue weighted by Gasteiger charge is 2.35. The van der Waals surface area contributed by atoms with Crippen molar-refractivity contribution in [3.8, 4) is 5.75 Å². The molecule has 1 atom stereocenters. The van der Waals surface area contributed by atoms with E-state index in [1.807, 2.05) is 13.8 Å². The van der Waals surface area contributed by atoms with Gasteiger partial charge in [-0.2, -0.15) is 0 Å². The third-order valence-corrected chi connectivity index (χ3v) is 5.79. The van der Waals surface area contributed by atoms with Crippen molar-refractivity contribution in [1.29, 1.82) is 0 Å². The first-order chi connectivity index (χ1) is 8.65. The average molecular weight is 280 g/mol. The van der Waals surface area contributed by atoms with Crippen LogP contribution in [0.15, 0.2) is 4.90 Å². The van der Waals surface area contributed by atoms with Gasteiger partial charge < -0.3 is 4.74 Å². The van der Waals surface area contributed by atoms with E-state index in [1.54, 1.807) is 0 Å². The SMILES string of the molecule is Cc1c(C)c(S(=O)C(C)C)c(C)c2c1OC(C)(C)C2. The lowest BCUT2D eigenvalue weighted by molar-refractivity contribution is 0.137. The van der Waals surface area contributed by atoms with Crippen LogP contribution in [0.4, 0.5) is 0 Å². The molecule has 1 aromatic rings. The van der Waals surface area contributed by atoms with Crippen LogP contribution >= 0.6 is 0 Å². The highest BCUT2D eigenvalue weighted by molar-refractivity contribution is 7.85. The minimum atomic E-state index is -0.941. The molecule has 0 bridgehead atoms. The summed E-state index contributed by atoms with van der Waals surface area (Å²) >= 11 is 0. The van der Waals surface area contributed by atoms with Crippen LogP contribution in [0.1, 0.15) is 49.9 Å². The van der Waals surface area contributed by atoms with Gasteiger partial charge in [-0.3, -0.25) is 4.21 Å². The molecular weight excluding hydrogens is 256 g/mol. The van der Waals surface area contributed by atoms with E-state index in [-0.39, 0.29) is 10.9 Å². The minimum absolute atomic E-state index is 0.144. The summed E-state index contributed by atoms with van der Waals surface area (Å²) in [5, 5.41) is 0.144. The second kappa shape index (κ2) is 4.62. The molecule has 1 aliphatic heterocycles. The van der Waals surface area contributed by atoms with Crippen LogP contribution in [-0.4, -0.2) is 15.1 Å². The quantitative estimate of drug-likeness (QED) is 0.822. The summed E-state index contributed by atoms with van der Waals surface area (Å²) in [7, 11) is -0.941. The van der Waals surface area contributed by atoms with Crippen molar-refractivity contribution in [3.05, 3.63) is 22.3 Å². The molecule has 3 heteroatoms. The molecule has 1 aromatic carbocycles. The molecule has 19 heavy (non-hydrogen) atoms. The predicted molar refractivity (Wildman–Crippen MR) is 80.6 cm³/mol. The van der Waals surface area contributed by atoms with Gasteiger partial charge in [-0.05, 0) is 51.3 Å². The molecule has 0 aliphatic carbocycles. The van der Waals surface area contributed by atoms with E-state index in [4.69, 9.17) is 4.74 Å². The van der Waals surface area contributed by atoms with Crippen molar-refractivity contribution < 1.29 is 8.95 Å². The van der Waals surface area contributed by atoms with Crippen LogP contribution in [0.5, 0.6) is 5.75 Å². The van der Waals surface area contributed by atoms with Gasteiger partial charge in [0.1, 0.15) is 11.4 Å². The molecule has 2 nitrogen and oxygen atoms in total. The van der Waals surface area contributed by atoms with E-state index in [2.05, 4.69) is 34.6 Å². The van der Waals surface area contributed by atoms with Gasteiger partial charge in [-0.15, -0.1) is 0 Å². The maximum absolute atomic E-state index is 12.6. The zero-order chi connectivity index (χ0) is 14.5. The smallest absolute Gasteiger partial charge is 0.126 e. The summed E-state index contributed by atoms with van der Waals surface area (Å²) in [6, 6.07) is 0. The van der Waals surface area contributed by atoms with Crippen LogP contribution in [0.3, 0.4) is 0 Å². The average Bonchev–Trinajstić information content (AvgIpc) is 2.62. The van der Waals surface area contributed by atoms with Crippen LogP contribution in [0.25, 0.3) is 0 Å². The summed E-state index contributed by atoms with van der Waals surface area (Å²) in [5.74, 6) is 1.02. The molecule has 0 amide bonds. The van der Waals surface area contributed by atoms with E-state index < -0.39 is 10.8 Å². The number of hydrogen-bond acceptors (Lipinski definition) is 2. The Kier molecular flexibility index (Phi) is 3.54. The maximum atomic E-state index is 12.6. The Morgan fingerprint density at radius 1 is 1.11 bits per heavy atom. The van der Waals surface area contributed by atoms with Gasteiger partial charge in [0.05, 0.1) is 10.8 Å². The lowest BCUT2D eigenvalue weighted by Gasteiger charge is -2.19. The van der Waals surface area contributed by atoms with Crippen LogP contribution < -0.4 is 4.74 Å². The molecule has 0 saturated heterocycles. The van der Waals surface area contributed by atoms with E-state index in [0.717, 1.165) is 33.8 Å². The number of rotatable bonds is 2. The molecule has 2 rings (SSSR count). The Morgan fingerprint density at radius 2 is 1.68 bits per heavy atom. The molecule has 1 aliphatic rings. The molecule has 1 unspecified atom stereocenters. The van der Waals surface area contributed by atoms with Crippen LogP contribution in [0, 0.1) is 20.8 Å². The first-order valence-corrected chi connectivity index (χ1v) is 8.09. The van der Waals surface area contributed by atoms with Crippen LogP contribution in [0.2, 0.25) is 0 Å². The van der Waals surface area contributed by atoms with Crippen molar-refractivity contribution in [2.75, 3.05) is 0 Å². The van der Waals surface area contributed by atoms with E-state index in [1.165, 1.54) is 5.56 Å². The van der Waals surface area contributed by atoms with Crippen molar-refractivity contribution >= 4 is 10.8 Å². The fourth-order valence-corrected chi connectivity index (χ4v) is 4.13. The molecule has 0 saturated carbocycles. The van der Waals surface area contributed by atoms with E-state index in [0.29, 0.717) is 0 Å². The molecule has 1 heterocycles. The fraction of sp³-hybridized carbons (Fsp3) is 0.625. The standard InChI is InChI=1S/C16H24O2S/c1-9(2)19(17)15-11(4)10(3)14-13(12(15)5)8-16(6,7)18-14/h9H,8H2,1-7H3. The van der Waals surface area contributed by atoms with Crippen molar-refractivity contribution in [3.63, 3.8) is 0 Å². The van der Waals surface area contributed by atoms with Gasteiger partial charge in [0, 0.05) is 22.1 Å². The zero-order valence-corrected chi connectivity index (χ0v) is 13.8. The summed E-state index contributed by atoms with van der Waals surface area (Å²) < 4.78 is 18.7. The largest absolute Gasteiger partial charge is 0.487 e. The van der Waals surface area contributed by atoms with E-state index in [9.17, 15) is 4.21 Å². The lowest BCUT2D eigenvalue weighted by Crippen LogP contribution is -2.24. The van der Waals surface area contributed by atoms with Gasteiger partial charge >= 0.3 is 0 Å². The predicted octanol–water partition coefficient (Wildman–Crippen LogP) is 3.84. The molecule has 0 radical (unpaired) electrons. The Hall–Kier alpha value is -0.830. The first kappa shape index (κ1) is 14.6. The first-order valence-electron chi connectivity index (χ1n) is 6.88. The second-order valence-electron chi connectivity index (χ2n) is 6.40. The van der Waals surface area contributed by atoms with Crippen molar-refractivity contribution in [2.24, 2.45) is 0 Å². The zero-order valence-electron chi connectivity index (χ0n) is 13.0. The minimum Gasteiger partial charge on any atom is -0.487 e. The number of hydrogen-bond donors (Lipinski definition) is 0. The Labute approximate surface area is 119 Å². The molecular formula is C16H24O2S. The van der Waals surface area contributed by atoms with Gasteiger partial charge in [-0.1, -0.05) is 13.8 Å². The summed E-state index contributed by atoms with van der Waals surface area (Å²) in [5.41, 5.74) is 4.53. The Bertz CT molecular complexity index is 557. The lowest BCUT2D eigenvalue weighted by atomic mass is 9.94.